The van der Waals surface area contributed by atoms with Crippen molar-refractivity contribution in [3.05, 3.63) is 23.5 Å². The van der Waals surface area contributed by atoms with E-state index >= 15 is 0 Å². The lowest BCUT2D eigenvalue weighted by atomic mass is 10.4. The maximum absolute atomic E-state index is 11.2. The number of carbonyl (C=O) groups is 1. The number of hydrogen-bond acceptors (Lipinski definition) is 4. The second kappa shape index (κ2) is 4.78. The third kappa shape index (κ3) is 2.34. The first-order valence-electron chi connectivity index (χ1n) is 4.33. The number of aromatic nitrogens is 1. The van der Waals surface area contributed by atoms with Gasteiger partial charge in [0.1, 0.15) is 11.9 Å². The number of ether oxygens (including phenoxy) is 2. The van der Waals surface area contributed by atoms with Gasteiger partial charge in [0.05, 0.1) is 12.3 Å². The lowest BCUT2D eigenvalue weighted by Crippen LogP contribution is -2.13. The van der Waals surface area contributed by atoms with Crippen LogP contribution in [0, 0.1) is 0 Å². The number of methoxy groups -OCH3 is 1. The SMILES string of the molecule is CCOC(=O)c1ccc(C(N)OC)[nH]1. The Balaban J connectivity index is 2.72. The number of nitrogens with two attached hydrogens (primary N) is 1. The van der Waals surface area contributed by atoms with Crippen molar-refractivity contribution in [1.82, 2.24) is 4.98 Å². The van der Waals surface area contributed by atoms with Crippen LogP contribution in [-0.2, 0) is 9.47 Å². The first-order chi connectivity index (χ1) is 6.69. The van der Waals surface area contributed by atoms with Crippen LogP contribution in [0.4, 0.5) is 0 Å². The molecule has 0 aliphatic heterocycles. The van der Waals surface area contributed by atoms with E-state index in [1.165, 1.54) is 7.11 Å². The number of carbonyl (C=O) groups excluding carboxylic acids is 1. The molecule has 0 saturated heterocycles. The standard InChI is InChI=1S/C9H14N2O3/c1-3-14-9(12)7-5-4-6(11-7)8(10)13-2/h4-5,8,11H,3,10H2,1-2H3. The van der Waals surface area contributed by atoms with Crippen LogP contribution < -0.4 is 5.73 Å². The van der Waals surface area contributed by atoms with Crippen molar-refractivity contribution in [3.63, 3.8) is 0 Å². The fourth-order valence-corrected chi connectivity index (χ4v) is 1.03. The molecule has 1 rings (SSSR count). The fourth-order valence-electron chi connectivity index (χ4n) is 1.03. The Morgan fingerprint density at radius 2 is 2.36 bits per heavy atom. The monoisotopic (exact) mass is 198 g/mol. The van der Waals surface area contributed by atoms with E-state index in [9.17, 15) is 4.79 Å². The topological polar surface area (TPSA) is 77.3 Å². The maximum atomic E-state index is 11.2. The minimum atomic E-state index is -0.543. The van der Waals surface area contributed by atoms with Crippen LogP contribution in [0.3, 0.4) is 0 Å². The Hall–Kier alpha value is -1.33. The predicted octanol–water partition coefficient (Wildman–Crippen LogP) is 0.795. The molecule has 0 spiro atoms. The molecule has 0 aliphatic rings. The molecule has 5 heteroatoms. The summed E-state index contributed by atoms with van der Waals surface area (Å²) < 4.78 is 9.69. The molecular weight excluding hydrogens is 184 g/mol. The highest BCUT2D eigenvalue weighted by atomic mass is 16.5. The molecule has 0 amide bonds. The average Bonchev–Trinajstić information content (AvgIpc) is 2.66. The molecule has 0 bridgehead atoms. The molecule has 1 aromatic heterocycles. The van der Waals surface area contributed by atoms with E-state index in [-0.39, 0.29) is 5.97 Å². The summed E-state index contributed by atoms with van der Waals surface area (Å²) in [7, 11) is 1.50. The number of esters is 1. The highest BCUT2D eigenvalue weighted by Gasteiger charge is 2.12. The van der Waals surface area contributed by atoms with Crippen molar-refractivity contribution >= 4 is 5.97 Å². The molecule has 14 heavy (non-hydrogen) atoms. The van der Waals surface area contributed by atoms with E-state index in [4.69, 9.17) is 15.2 Å². The molecule has 1 unspecified atom stereocenters. The van der Waals surface area contributed by atoms with Gasteiger partial charge in [-0.15, -0.1) is 0 Å². The van der Waals surface area contributed by atoms with Crippen LogP contribution in [0.1, 0.15) is 29.3 Å². The van der Waals surface area contributed by atoms with Gasteiger partial charge in [0, 0.05) is 7.11 Å². The Morgan fingerprint density at radius 1 is 1.64 bits per heavy atom. The van der Waals surface area contributed by atoms with Crippen LogP contribution in [0.5, 0.6) is 0 Å². The van der Waals surface area contributed by atoms with Gasteiger partial charge >= 0.3 is 5.97 Å². The predicted molar refractivity (Wildman–Crippen MR) is 50.7 cm³/mol. The zero-order chi connectivity index (χ0) is 10.6. The quantitative estimate of drug-likeness (QED) is 0.554. The second-order valence-corrected chi connectivity index (χ2v) is 2.70. The molecule has 0 fully saturated rings. The largest absolute Gasteiger partial charge is 0.461 e. The summed E-state index contributed by atoms with van der Waals surface area (Å²) in [5.41, 5.74) is 6.61. The van der Waals surface area contributed by atoms with Gasteiger partial charge < -0.3 is 20.2 Å². The van der Waals surface area contributed by atoms with Gasteiger partial charge in [-0.25, -0.2) is 4.79 Å². The van der Waals surface area contributed by atoms with Gasteiger partial charge in [-0.05, 0) is 19.1 Å². The van der Waals surface area contributed by atoms with E-state index in [2.05, 4.69) is 4.98 Å². The normalized spacial score (nSPS) is 12.5. The van der Waals surface area contributed by atoms with Crippen molar-refractivity contribution in [2.45, 2.75) is 13.2 Å². The first-order valence-corrected chi connectivity index (χ1v) is 4.33. The van der Waals surface area contributed by atoms with E-state index in [1.54, 1.807) is 19.1 Å². The molecule has 1 aromatic rings. The highest BCUT2D eigenvalue weighted by Crippen LogP contribution is 2.10. The van der Waals surface area contributed by atoms with Gasteiger partial charge in [-0.1, -0.05) is 0 Å². The van der Waals surface area contributed by atoms with Crippen molar-refractivity contribution in [3.8, 4) is 0 Å². The third-order valence-electron chi connectivity index (χ3n) is 1.76. The molecule has 1 heterocycles. The van der Waals surface area contributed by atoms with Gasteiger partial charge in [-0.2, -0.15) is 0 Å². The van der Waals surface area contributed by atoms with Crippen LogP contribution in [0.25, 0.3) is 0 Å². The van der Waals surface area contributed by atoms with E-state index in [0.29, 0.717) is 18.0 Å². The Labute approximate surface area is 82.2 Å². The molecule has 0 aliphatic carbocycles. The Kier molecular flexibility index (Phi) is 3.67. The minimum absolute atomic E-state index is 0.351. The lowest BCUT2D eigenvalue weighted by Gasteiger charge is -2.06. The van der Waals surface area contributed by atoms with E-state index in [0.717, 1.165) is 0 Å². The van der Waals surface area contributed by atoms with Gasteiger partial charge in [-0.3, -0.25) is 0 Å². The van der Waals surface area contributed by atoms with Crippen LogP contribution in [-0.4, -0.2) is 24.7 Å². The van der Waals surface area contributed by atoms with E-state index in [1.807, 2.05) is 0 Å². The van der Waals surface area contributed by atoms with Crippen LogP contribution >= 0.6 is 0 Å². The molecule has 1 atom stereocenters. The van der Waals surface area contributed by atoms with Crippen molar-refractivity contribution < 1.29 is 14.3 Å². The van der Waals surface area contributed by atoms with Crippen molar-refractivity contribution in [2.75, 3.05) is 13.7 Å². The fraction of sp³-hybridized carbons (Fsp3) is 0.444. The molecule has 3 N–H and O–H groups in total. The summed E-state index contributed by atoms with van der Waals surface area (Å²) in [6, 6.07) is 3.31. The van der Waals surface area contributed by atoms with Crippen LogP contribution in [0.2, 0.25) is 0 Å². The Morgan fingerprint density at radius 3 is 2.93 bits per heavy atom. The second-order valence-electron chi connectivity index (χ2n) is 2.70. The molecular formula is C9H14N2O3. The van der Waals surface area contributed by atoms with Crippen molar-refractivity contribution in [1.29, 1.82) is 0 Å². The zero-order valence-electron chi connectivity index (χ0n) is 8.24. The van der Waals surface area contributed by atoms with Crippen LogP contribution in [0.15, 0.2) is 12.1 Å². The summed E-state index contributed by atoms with van der Waals surface area (Å²) in [5, 5.41) is 0. The van der Waals surface area contributed by atoms with E-state index < -0.39 is 6.23 Å². The Bertz CT molecular complexity index is 309. The number of nitrogens with one attached hydrogen (secondary N) is 1. The van der Waals surface area contributed by atoms with Gasteiger partial charge in [0.25, 0.3) is 0 Å². The number of aromatic amines is 1. The average molecular weight is 198 g/mol. The zero-order valence-corrected chi connectivity index (χ0v) is 8.24. The molecule has 0 saturated carbocycles. The molecule has 0 aromatic carbocycles. The van der Waals surface area contributed by atoms with Gasteiger partial charge in [0.15, 0.2) is 0 Å². The number of hydrogen-bond donors (Lipinski definition) is 2. The molecule has 0 radical (unpaired) electrons. The summed E-state index contributed by atoms with van der Waals surface area (Å²) in [4.78, 5) is 14.1. The van der Waals surface area contributed by atoms with Crippen molar-refractivity contribution in [2.24, 2.45) is 5.73 Å². The summed E-state index contributed by atoms with van der Waals surface area (Å²) >= 11 is 0. The molecule has 5 nitrogen and oxygen atoms in total. The maximum Gasteiger partial charge on any atom is 0.354 e. The number of rotatable bonds is 4. The molecule has 78 valence electrons. The summed E-state index contributed by atoms with van der Waals surface area (Å²) in [5.74, 6) is -0.387. The summed E-state index contributed by atoms with van der Waals surface area (Å²) in [6.07, 6.45) is -0.543. The smallest absolute Gasteiger partial charge is 0.354 e. The first kappa shape index (κ1) is 10.7. The van der Waals surface area contributed by atoms with Gasteiger partial charge in [0.2, 0.25) is 0 Å². The summed E-state index contributed by atoms with van der Waals surface area (Å²) in [6.45, 7) is 2.10. The highest BCUT2D eigenvalue weighted by molar-refractivity contribution is 5.87. The minimum Gasteiger partial charge on any atom is -0.461 e. The lowest BCUT2D eigenvalue weighted by molar-refractivity contribution is 0.0519. The number of H-pyrrole nitrogens is 1. The third-order valence-corrected chi connectivity index (χ3v) is 1.76.